The molecule has 3 rings (SSSR count). The molecule has 122 valence electrons. The Morgan fingerprint density at radius 1 is 1.21 bits per heavy atom. The highest BCUT2D eigenvalue weighted by Gasteiger charge is 2.10. The second-order valence-electron chi connectivity index (χ2n) is 5.04. The van der Waals surface area contributed by atoms with Crippen LogP contribution in [0.25, 0.3) is 16.6 Å². The minimum atomic E-state index is -0.269. The fourth-order valence-electron chi connectivity index (χ4n) is 2.01. The molecular formula is C17H14N2O3S2. The molecule has 0 aliphatic rings. The van der Waals surface area contributed by atoms with Crippen LogP contribution in [0.15, 0.2) is 46.7 Å². The van der Waals surface area contributed by atoms with Gasteiger partial charge in [-0.15, -0.1) is 22.7 Å². The van der Waals surface area contributed by atoms with Gasteiger partial charge in [-0.2, -0.15) is 0 Å². The third-order valence-corrected chi connectivity index (χ3v) is 4.89. The molecule has 0 atom stereocenters. The predicted octanol–water partition coefficient (Wildman–Crippen LogP) is 4.32. The number of thiophene rings is 1. The lowest BCUT2D eigenvalue weighted by Gasteiger charge is -2.03. The summed E-state index contributed by atoms with van der Waals surface area (Å²) in [5, 5.41) is 26.0. The molecule has 0 saturated heterocycles. The lowest BCUT2D eigenvalue weighted by atomic mass is 10.1. The monoisotopic (exact) mass is 358 g/mol. The molecule has 0 aliphatic carbocycles. The molecule has 0 unspecified atom stereocenters. The van der Waals surface area contributed by atoms with Crippen LogP contribution in [0.5, 0.6) is 11.5 Å². The number of aromatic nitrogens is 1. The Kier molecular flexibility index (Phi) is 4.64. The molecule has 0 bridgehead atoms. The van der Waals surface area contributed by atoms with Crippen LogP contribution in [0.3, 0.4) is 0 Å². The van der Waals surface area contributed by atoms with E-state index in [0.29, 0.717) is 16.3 Å². The van der Waals surface area contributed by atoms with E-state index in [2.05, 4.69) is 10.3 Å². The van der Waals surface area contributed by atoms with Gasteiger partial charge in [-0.3, -0.25) is 10.1 Å². The van der Waals surface area contributed by atoms with Gasteiger partial charge in [-0.05, 0) is 42.1 Å². The first-order chi connectivity index (χ1) is 11.5. The van der Waals surface area contributed by atoms with Gasteiger partial charge in [-0.25, -0.2) is 4.98 Å². The molecule has 0 fully saturated rings. The van der Waals surface area contributed by atoms with Crippen molar-refractivity contribution < 1.29 is 15.0 Å². The average molecular weight is 358 g/mol. The molecule has 3 N–H and O–H groups in total. The van der Waals surface area contributed by atoms with Crippen molar-refractivity contribution in [1.29, 1.82) is 0 Å². The fraction of sp³-hybridized carbons (Fsp3) is 0.0588. The highest BCUT2D eigenvalue weighted by atomic mass is 32.1. The molecular weight excluding hydrogens is 344 g/mol. The Morgan fingerprint density at radius 3 is 2.75 bits per heavy atom. The molecule has 24 heavy (non-hydrogen) atoms. The lowest BCUT2D eigenvalue weighted by molar-refractivity contribution is -0.112. The van der Waals surface area contributed by atoms with E-state index in [9.17, 15) is 15.0 Å². The third-order valence-electron chi connectivity index (χ3n) is 3.24. The zero-order chi connectivity index (χ0) is 17.1. The minimum Gasteiger partial charge on any atom is -0.504 e. The first-order valence-electron chi connectivity index (χ1n) is 7.04. The summed E-state index contributed by atoms with van der Waals surface area (Å²) in [6.07, 6.45) is 1.63. The maximum absolute atomic E-state index is 12.2. The molecule has 2 aromatic heterocycles. The van der Waals surface area contributed by atoms with E-state index in [0.717, 1.165) is 10.6 Å². The van der Waals surface area contributed by atoms with Gasteiger partial charge in [0.2, 0.25) is 0 Å². The van der Waals surface area contributed by atoms with E-state index < -0.39 is 0 Å². The molecule has 5 nitrogen and oxygen atoms in total. The Labute approximate surface area is 146 Å². The smallest absolute Gasteiger partial charge is 0.253 e. The van der Waals surface area contributed by atoms with Crippen molar-refractivity contribution >= 4 is 39.8 Å². The van der Waals surface area contributed by atoms with Crippen LogP contribution in [0.2, 0.25) is 0 Å². The largest absolute Gasteiger partial charge is 0.504 e. The Hall–Kier alpha value is -2.64. The summed E-state index contributed by atoms with van der Waals surface area (Å²) in [4.78, 5) is 17.7. The Bertz CT molecular complexity index is 898. The number of anilines is 1. The number of nitrogens with one attached hydrogen (secondary N) is 1. The highest BCUT2D eigenvalue weighted by Crippen LogP contribution is 2.29. The van der Waals surface area contributed by atoms with E-state index in [1.165, 1.54) is 23.5 Å². The molecule has 1 amide bonds. The number of thiazole rings is 1. The van der Waals surface area contributed by atoms with Gasteiger partial charge in [0.1, 0.15) is 0 Å². The van der Waals surface area contributed by atoms with Crippen LogP contribution in [0.1, 0.15) is 12.5 Å². The van der Waals surface area contributed by atoms with Crippen molar-refractivity contribution in [2.75, 3.05) is 5.32 Å². The third kappa shape index (κ3) is 3.64. The number of nitrogens with zero attached hydrogens (tertiary/aromatic N) is 1. The minimum absolute atomic E-state index is 0.196. The topological polar surface area (TPSA) is 82.5 Å². The van der Waals surface area contributed by atoms with Gasteiger partial charge in [-0.1, -0.05) is 12.1 Å². The summed E-state index contributed by atoms with van der Waals surface area (Å²) in [7, 11) is 0. The van der Waals surface area contributed by atoms with E-state index in [4.69, 9.17) is 0 Å². The number of hydrogen-bond acceptors (Lipinski definition) is 6. The Morgan fingerprint density at radius 2 is 2.04 bits per heavy atom. The van der Waals surface area contributed by atoms with Crippen LogP contribution >= 0.6 is 22.7 Å². The highest BCUT2D eigenvalue weighted by molar-refractivity contribution is 7.16. The first-order valence-corrected chi connectivity index (χ1v) is 8.80. The lowest BCUT2D eigenvalue weighted by Crippen LogP contribution is -2.12. The summed E-state index contributed by atoms with van der Waals surface area (Å²) < 4.78 is 0. The van der Waals surface area contributed by atoms with E-state index in [1.807, 2.05) is 22.9 Å². The fourth-order valence-corrected chi connectivity index (χ4v) is 3.48. The molecule has 1 aromatic carbocycles. The van der Waals surface area contributed by atoms with Crippen molar-refractivity contribution in [3.05, 3.63) is 52.2 Å². The second kappa shape index (κ2) is 6.86. The van der Waals surface area contributed by atoms with E-state index in [1.54, 1.807) is 30.4 Å². The predicted molar refractivity (Wildman–Crippen MR) is 97.5 cm³/mol. The zero-order valence-corrected chi connectivity index (χ0v) is 14.3. The number of rotatable bonds is 4. The van der Waals surface area contributed by atoms with Crippen molar-refractivity contribution in [3.8, 4) is 22.1 Å². The summed E-state index contributed by atoms with van der Waals surface area (Å²) in [5.41, 5.74) is 1.93. The first kappa shape index (κ1) is 16.2. The van der Waals surface area contributed by atoms with Crippen molar-refractivity contribution in [2.24, 2.45) is 0 Å². The molecule has 3 aromatic rings. The average Bonchev–Trinajstić information content (AvgIpc) is 3.21. The number of phenols is 2. The number of hydrogen-bond donors (Lipinski definition) is 3. The molecule has 0 saturated carbocycles. The van der Waals surface area contributed by atoms with Crippen molar-refractivity contribution in [3.63, 3.8) is 0 Å². The number of benzene rings is 1. The quantitative estimate of drug-likeness (QED) is 0.479. The molecule has 2 heterocycles. The van der Waals surface area contributed by atoms with Gasteiger partial charge in [0.05, 0.1) is 10.6 Å². The van der Waals surface area contributed by atoms with E-state index >= 15 is 0 Å². The van der Waals surface area contributed by atoms with Crippen molar-refractivity contribution in [2.45, 2.75) is 6.92 Å². The van der Waals surface area contributed by atoms with Gasteiger partial charge < -0.3 is 10.2 Å². The van der Waals surface area contributed by atoms with Crippen LogP contribution in [0, 0.1) is 0 Å². The molecule has 7 heteroatoms. The normalized spacial score (nSPS) is 11.5. The Balaban J connectivity index is 1.72. The number of carbonyl (C=O) groups is 1. The number of phenolic OH excluding ortho intramolecular Hbond substituents is 2. The summed E-state index contributed by atoms with van der Waals surface area (Å²) >= 11 is 2.96. The zero-order valence-electron chi connectivity index (χ0n) is 12.7. The molecule has 0 radical (unpaired) electrons. The SMILES string of the molecule is C/C(=C\c1ccc(O)c(O)c1)C(=O)Nc1nc(-c2cccs2)cs1. The second-order valence-corrected chi connectivity index (χ2v) is 6.85. The molecule has 0 aliphatic heterocycles. The number of amides is 1. The maximum atomic E-state index is 12.2. The summed E-state index contributed by atoms with van der Waals surface area (Å²) in [6.45, 7) is 1.67. The van der Waals surface area contributed by atoms with Crippen LogP contribution < -0.4 is 5.32 Å². The number of carbonyl (C=O) groups excluding carboxylic acids is 1. The molecule has 0 spiro atoms. The van der Waals surface area contributed by atoms with Crippen LogP contribution in [-0.4, -0.2) is 21.1 Å². The van der Waals surface area contributed by atoms with Gasteiger partial charge in [0, 0.05) is 11.0 Å². The van der Waals surface area contributed by atoms with Gasteiger partial charge in [0.15, 0.2) is 16.6 Å². The van der Waals surface area contributed by atoms with E-state index in [-0.39, 0.29) is 17.4 Å². The van der Waals surface area contributed by atoms with Crippen LogP contribution in [-0.2, 0) is 4.79 Å². The van der Waals surface area contributed by atoms with Crippen molar-refractivity contribution in [1.82, 2.24) is 4.98 Å². The summed E-state index contributed by atoms with van der Waals surface area (Å²) in [6, 6.07) is 8.32. The maximum Gasteiger partial charge on any atom is 0.253 e. The standard InChI is InChI=1S/C17H14N2O3S2/c1-10(7-11-4-5-13(20)14(21)8-11)16(22)19-17-18-12(9-24-17)15-3-2-6-23-15/h2-9,20-21H,1H3,(H,18,19,22)/b10-7+. The number of aromatic hydroxyl groups is 2. The van der Waals surface area contributed by atoms with Gasteiger partial charge >= 0.3 is 0 Å². The summed E-state index contributed by atoms with van der Waals surface area (Å²) in [5.74, 6) is -0.690. The van der Waals surface area contributed by atoms with Crippen LogP contribution in [0.4, 0.5) is 5.13 Å². The van der Waals surface area contributed by atoms with Gasteiger partial charge in [0.25, 0.3) is 5.91 Å².